The number of methoxy groups -OCH3 is 1. The number of nitrogens with zero attached hydrogens (tertiary/aromatic N) is 2. The van der Waals surface area contributed by atoms with Crippen LogP contribution < -0.4 is 10.1 Å². The average molecular weight is 308 g/mol. The van der Waals surface area contributed by atoms with E-state index in [0.29, 0.717) is 5.02 Å². The molecule has 1 aromatic heterocycles. The highest BCUT2D eigenvalue weighted by Crippen LogP contribution is 2.32. The number of piperazine rings is 1. The molecule has 1 aromatic carbocycles. The maximum Gasteiger partial charge on any atom is 0.138 e. The second-order valence-corrected chi connectivity index (χ2v) is 6.02. The maximum atomic E-state index is 6.23. The van der Waals surface area contributed by atoms with Crippen LogP contribution in [0.1, 0.15) is 5.56 Å². The molecular weight excluding hydrogens is 286 g/mol. The fourth-order valence-electron chi connectivity index (χ4n) is 3.03. The molecule has 2 aromatic rings. The Morgan fingerprint density at radius 2 is 2.05 bits per heavy atom. The molecule has 1 N–H and O–H groups in total. The van der Waals surface area contributed by atoms with Crippen molar-refractivity contribution in [2.75, 3.05) is 39.8 Å². The molecule has 1 saturated heterocycles. The van der Waals surface area contributed by atoms with Crippen molar-refractivity contribution < 1.29 is 4.74 Å². The van der Waals surface area contributed by atoms with Gasteiger partial charge in [0.2, 0.25) is 0 Å². The van der Waals surface area contributed by atoms with Gasteiger partial charge in [0.05, 0.1) is 12.1 Å². The minimum atomic E-state index is 0.667. The van der Waals surface area contributed by atoms with Crippen LogP contribution in [-0.2, 0) is 13.5 Å². The lowest BCUT2D eigenvalue weighted by Crippen LogP contribution is -2.44. The lowest BCUT2D eigenvalue weighted by Gasteiger charge is -2.26. The number of hydrogen-bond donors (Lipinski definition) is 1. The van der Waals surface area contributed by atoms with Crippen molar-refractivity contribution in [3.8, 4) is 5.75 Å². The zero-order valence-electron chi connectivity index (χ0n) is 12.7. The molecule has 4 nitrogen and oxygen atoms in total. The highest BCUT2D eigenvalue weighted by atomic mass is 35.5. The summed E-state index contributed by atoms with van der Waals surface area (Å²) in [6.45, 7) is 5.57. The Labute approximate surface area is 130 Å². The van der Waals surface area contributed by atoms with Gasteiger partial charge in [-0.05, 0) is 24.1 Å². The zero-order valence-corrected chi connectivity index (χ0v) is 13.4. The molecule has 0 unspecified atom stereocenters. The molecule has 0 bridgehead atoms. The first-order chi connectivity index (χ1) is 10.2. The molecule has 0 amide bonds. The van der Waals surface area contributed by atoms with Gasteiger partial charge < -0.3 is 19.5 Å². The van der Waals surface area contributed by atoms with Crippen LogP contribution in [-0.4, -0.2) is 49.3 Å². The van der Waals surface area contributed by atoms with E-state index in [2.05, 4.69) is 34.1 Å². The van der Waals surface area contributed by atoms with Crippen molar-refractivity contribution in [1.29, 1.82) is 0 Å². The van der Waals surface area contributed by atoms with Crippen molar-refractivity contribution in [2.24, 2.45) is 7.05 Å². The highest BCUT2D eigenvalue weighted by Gasteiger charge is 2.13. The van der Waals surface area contributed by atoms with E-state index in [1.54, 1.807) is 7.11 Å². The van der Waals surface area contributed by atoms with E-state index < -0.39 is 0 Å². The summed E-state index contributed by atoms with van der Waals surface area (Å²) in [6, 6.07) is 4.05. The summed E-state index contributed by atoms with van der Waals surface area (Å²) in [5.74, 6) is 0.749. The average Bonchev–Trinajstić information content (AvgIpc) is 2.81. The Morgan fingerprint density at radius 3 is 2.76 bits per heavy atom. The molecule has 3 rings (SSSR count). The van der Waals surface area contributed by atoms with Gasteiger partial charge in [-0.3, -0.25) is 0 Å². The van der Waals surface area contributed by atoms with Crippen molar-refractivity contribution >= 4 is 22.5 Å². The van der Waals surface area contributed by atoms with Crippen LogP contribution in [0, 0.1) is 0 Å². The molecule has 0 spiro atoms. The number of halogens is 1. The number of rotatable bonds is 4. The van der Waals surface area contributed by atoms with Gasteiger partial charge in [0.15, 0.2) is 0 Å². The minimum Gasteiger partial charge on any atom is -0.495 e. The molecule has 1 fully saturated rings. The quantitative estimate of drug-likeness (QED) is 0.940. The Hall–Kier alpha value is -1.23. The van der Waals surface area contributed by atoms with Crippen molar-refractivity contribution in [1.82, 2.24) is 14.8 Å². The number of ether oxygens (including phenoxy) is 1. The number of aromatic nitrogens is 1. The largest absolute Gasteiger partial charge is 0.495 e. The van der Waals surface area contributed by atoms with Gasteiger partial charge in [0.25, 0.3) is 0 Å². The fraction of sp³-hybridized carbons (Fsp3) is 0.500. The molecule has 5 heteroatoms. The zero-order chi connectivity index (χ0) is 14.8. The fourth-order valence-corrected chi connectivity index (χ4v) is 3.27. The second kappa shape index (κ2) is 6.26. The number of nitrogens with one attached hydrogen (secondary N) is 1. The topological polar surface area (TPSA) is 29.4 Å². The van der Waals surface area contributed by atoms with E-state index in [4.69, 9.17) is 16.3 Å². The number of benzene rings is 1. The SMILES string of the molecule is COc1cc2c(CCN3CCNCC3)cn(C)c2cc1Cl. The van der Waals surface area contributed by atoms with Crippen molar-refractivity contribution in [2.45, 2.75) is 6.42 Å². The van der Waals surface area contributed by atoms with Crippen LogP contribution in [0.2, 0.25) is 5.02 Å². The number of fused-ring (bicyclic) bond motifs is 1. The van der Waals surface area contributed by atoms with Gasteiger partial charge >= 0.3 is 0 Å². The first-order valence-corrected chi connectivity index (χ1v) is 7.81. The third kappa shape index (κ3) is 3.03. The van der Waals surface area contributed by atoms with Gasteiger partial charge in [-0.15, -0.1) is 0 Å². The van der Waals surface area contributed by atoms with E-state index in [-0.39, 0.29) is 0 Å². The third-order valence-corrected chi connectivity index (χ3v) is 4.55. The summed E-state index contributed by atoms with van der Waals surface area (Å²) in [7, 11) is 3.73. The van der Waals surface area contributed by atoms with Gasteiger partial charge in [-0.2, -0.15) is 0 Å². The Kier molecular flexibility index (Phi) is 4.38. The van der Waals surface area contributed by atoms with E-state index in [1.807, 2.05) is 6.07 Å². The number of aryl methyl sites for hydroxylation is 1. The van der Waals surface area contributed by atoms with Crippen LogP contribution in [0.3, 0.4) is 0 Å². The van der Waals surface area contributed by atoms with E-state index in [9.17, 15) is 0 Å². The highest BCUT2D eigenvalue weighted by molar-refractivity contribution is 6.32. The molecule has 114 valence electrons. The molecule has 0 atom stereocenters. The smallest absolute Gasteiger partial charge is 0.138 e. The van der Waals surface area contributed by atoms with Crippen LogP contribution in [0.25, 0.3) is 10.9 Å². The summed E-state index contributed by atoms with van der Waals surface area (Å²) >= 11 is 6.23. The Balaban J connectivity index is 1.84. The molecule has 2 heterocycles. The van der Waals surface area contributed by atoms with Crippen LogP contribution >= 0.6 is 11.6 Å². The number of hydrogen-bond acceptors (Lipinski definition) is 3. The van der Waals surface area contributed by atoms with Crippen molar-refractivity contribution in [3.05, 3.63) is 28.9 Å². The van der Waals surface area contributed by atoms with E-state index in [0.717, 1.165) is 50.4 Å². The van der Waals surface area contributed by atoms with Gasteiger partial charge in [0, 0.05) is 56.9 Å². The maximum absolute atomic E-state index is 6.23. The molecule has 0 aliphatic carbocycles. The monoisotopic (exact) mass is 307 g/mol. The standard InChI is InChI=1S/C16H22ClN3O/c1-19-11-12(3-6-20-7-4-18-5-8-20)13-9-16(21-2)14(17)10-15(13)19/h9-11,18H,3-8H2,1-2H3. The van der Waals surface area contributed by atoms with Crippen LogP contribution in [0.15, 0.2) is 18.3 Å². The van der Waals surface area contributed by atoms with Gasteiger partial charge in [-0.1, -0.05) is 11.6 Å². The lowest BCUT2D eigenvalue weighted by molar-refractivity contribution is 0.244. The summed E-state index contributed by atoms with van der Waals surface area (Å²) in [5, 5.41) is 5.30. The second-order valence-electron chi connectivity index (χ2n) is 5.61. The first kappa shape index (κ1) is 14.7. The normalized spacial score (nSPS) is 16.5. The molecule has 1 aliphatic rings. The summed E-state index contributed by atoms with van der Waals surface area (Å²) in [5.41, 5.74) is 2.53. The molecule has 1 aliphatic heterocycles. The summed E-state index contributed by atoms with van der Waals surface area (Å²) in [4.78, 5) is 2.52. The van der Waals surface area contributed by atoms with E-state index >= 15 is 0 Å². The molecule has 21 heavy (non-hydrogen) atoms. The third-order valence-electron chi connectivity index (χ3n) is 4.25. The summed E-state index contributed by atoms with van der Waals surface area (Å²) in [6.07, 6.45) is 3.27. The Morgan fingerprint density at radius 1 is 1.29 bits per heavy atom. The first-order valence-electron chi connectivity index (χ1n) is 7.43. The molecular formula is C16H22ClN3O. The van der Waals surface area contributed by atoms with Crippen LogP contribution in [0.5, 0.6) is 5.75 Å². The predicted molar refractivity (Wildman–Crippen MR) is 87.5 cm³/mol. The van der Waals surface area contributed by atoms with Gasteiger partial charge in [-0.25, -0.2) is 0 Å². The lowest BCUT2D eigenvalue weighted by atomic mass is 10.1. The Bertz CT molecular complexity index is 632. The van der Waals surface area contributed by atoms with Gasteiger partial charge in [0.1, 0.15) is 5.75 Å². The summed E-state index contributed by atoms with van der Waals surface area (Å²) < 4.78 is 7.50. The molecule has 0 saturated carbocycles. The molecule has 0 radical (unpaired) electrons. The van der Waals surface area contributed by atoms with E-state index in [1.165, 1.54) is 10.9 Å². The predicted octanol–water partition coefficient (Wildman–Crippen LogP) is 2.29. The van der Waals surface area contributed by atoms with Crippen LogP contribution in [0.4, 0.5) is 0 Å². The minimum absolute atomic E-state index is 0.667. The van der Waals surface area contributed by atoms with Crippen molar-refractivity contribution in [3.63, 3.8) is 0 Å².